The molecule has 0 aromatic heterocycles. The number of carboxylic acids is 1. The Bertz CT molecular complexity index is 425. The van der Waals surface area contributed by atoms with Gasteiger partial charge in [-0.15, -0.1) is 0 Å². The number of hydrogen-bond donors (Lipinski definition) is 2. The van der Waals surface area contributed by atoms with E-state index >= 15 is 0 Å². The molecule has 0 aromatic rings. The second kappa shape index (κ2) is 11.2. The number of aliphatic carboxylic acids is 1. The highest BCUT2D eigenvalue weighted by Crippen LogP contribution is 2.34. The van der Waals surface area contributed by atoms with E-state index in [-0.39, 0.29) is 30.5 Å². The van der Waals surface area contributed by atoms with E-state index in [1.54, 1.807) is 0 Å². The minimum absolute atomic E-state index is 0.00551. The molecule has 0 radical (unpaired) electrons. The van der Waals surface area contributed by atoms with Gasteiger partial charge < -0.3 is 10.2 Å². The summed E-state index contributed by atoms with van der Waals surface area (Å²) in [4.78, 5) is 22.5. The molecule has 1 rings (SSSR count). The van der Waals surface area contributed by atoms with Crippen LogP contribution in [0.2, 0.25) is 0 Å². The molecule has 0 spiro atoms. The van der Waals surface area contributed by atoms with E-state index in [4.69, 9.17) is 5.11 Å². The molecule has 1 aliphatic carbocycles. The number of unbranched alkanes of at least 4 members (excludes halogenated alkanes) is 3. The summed E-state index contributed by atoms with van der Waals surface area (Å²) in [6, 6.07) is 0. The van der Waals surface area contributed by atoms with Crippen LogP contribution in [0, 0.1) is 11.8 Å². The Morgan fingerprint density at radius 2 is 1.83 bits per heavy atom. The Morgan fingerprint density at radius 3 is 2.52 bits per heavy atom. The maximum atomic E-state index is 12.0. The van der Waals surface area contributed by atoms with Crippen LogP contribution in [-0.4, -0.2) is 28.1 Å². The summed E-state index contributed by atoms with van der Waals surface area (Å²) in [6.07, 6.45) is 14.3. The Balaban J connectivity index is 2.41. The van der Waals surface area contributed by atoms with Gasteiger partial charge in [-0.1, -0.05) is 44.1 Å². The van der Waals surface area contributed by atoms with Crippen LogP contribution in [0.25, 0.3) is 0 Å². The van der Waals surface area contributed by atoms with Crippen LogP contribution in [0.15, 0.2) is 24.3 Å². The lowest BCUT2D eigenvalue weighted by molar-refractivity contribution is -0.136. The van der Waals surface area contributed by atoms with Crippen molar-refractivity contribution in [3.05, 3.63) is 24.3 Å². The molecule has 23 heavy (non-hydrogen) atoms. The quantitative estimate of drug-likeness (QED) is 0.447. The van der Waals surface area contributed by atoms with Gasteiger partial charge in [-0.25, -0.2) is 0 Å². The van der Waals surface area contributed by atoms with Crippen LogP contribution >= 0.6 is 0 Å². The molecule has 1 aliphatic rings. The smallest absolute Gasteiger partial charge is 0.303 e. The molecule has 0 heterocycles. The molecule has 0 saturated heterocycles. The zero-order valence-electron chi connectivity index (χ0n) is 14.1. The fraction of sp³-hybridized carbons (Fsp3) is 0.684. The number of aliphatic hydroxyl groups is 1. The standard InChI is InChI=1S/C19H30O4/c1-2-3-4-5-6-8-11-15-16(18(21)14-17(15)20)12-9-7-10-13-19(22)23/h6-9,15-17,20H,2-5,10-14H2,1H3,(H,22,23). The highest BCUT2D eigenvalue weighted by Gasteiger charge is 2.39. The van der Waals surface area contributed by atoms with Gasteiger partial charge in [0, 0.05) is 18.8 Å². The first-order chi connectivity index (χ1) is 11.1. The number of carboxylic acid groups (broad SMARTS) is 1. The zero-order valence-corrected chi connectivity index (χ0v) is 14.1. The molecule has 3 unspecified atom stereocenters. The van der Waals surface area contributed by atoms with Gasteiger partial charge in [-0.05, 0) is 38.0 Å². The van der Waals surface area contributed by atoms with Crippen molar-refractivity contribution in [3.8, 4) is 0 Å². The van der Waals surface area contributed by atoms with E-state index in [2.05, 4.69) is 19.1 Å². The first kappa shape index (κ1) is 19.6. The first-order valence-electron chi connectivity index (χ1n) is 8.78. The van der Waals surface area contributed by atoms with Crippen molar-refractivity contribution >= 4 is 11.8 Å². The van der Waals surface area contributed by atoms with Crippen LogP contribution in [0.4, 0.5) is 0 Å². The summed E-state index contributed by atoms with van der Waals surface area (Å²) in [5, 5.41) is 18.7. The van der Waals surface area contributed by atoms with Crippen LogP contribution < -0.4 is 0 Å². The molecule has 4 nitrogen and oxygen atoms in total. The van der Waals surface area contributed by atoms with Gasteiger partial charge in [-0.2, -0.15) is 0 Å². The molecule has 0 amide bonds. The first-order valence-corrected chi connectivity index (χ1v) is 8.78. The molecular weight excluding hydrogens is 292 g/mol. The number of hydrogen-bond acceptors (Lipinski definition) is 3. The van der Waals surface area contributed by atoms with E-state index in [0.29, 0.717) is 12.8 Å². The minimum atomic E-state index is -0.812. The highest BCUT2D eigenvalue weighted by atomic mass is 16.4. The maximum Gasteiger partial charge on any atom is 0.303 e. The molecule has 2 N–H and O–H groups in total. The Kier molecular flexibility index (Phi) is 9.53. The molecule has 3 atom stereocenters. The molecule has 0 aromatic carbocycles. The normalized spacial score (nSPS) is 25.0. The lowest BCUT2D eigenvalue weighted by Crippen LogP contribution is -2.19. The van der Waals surface area contributed by atoms with Crippen molar-refractivity contribution in [1.82, 2.24) is 0 Å². The second-order valence-electron chi connectivity index (χ2n) is 6.35. The number of ketones is 1. The summed E-state index contributed by atoms with van der Waals surface area (Å²) >= 11 is 0. The number of rotatable bonds is 11. The van der Waals surface area contributed by atoms with Crippen LogP contribution in [-0.2, 0) is 9.59 Å². The third-order valence-electron chi connectivity index (χ3n) is 4.47. The van der Waals surface area contributed by atoms with Crippen molar-refractivity contribution in [1.29, 1.82) is 0 Å². The third-order valence-corrected chi connectivity index (χ3v) is 4.47. The fourth-order valence-electron chi connectivity index (χ4n) is 3.09. The average molecular weight is 322 g/mol. The van der Waals surface area contributed by atoms with Gasteiger partial charge in [0.15, 0.2) is 0 Å². The SMILES string of the molecule is CCCCCC=CCC1C(O)CC(=O)C1CC=CCCC(=O)O. The average Bonchev–Trinajstić information content (AvgIpc) is 2.76. The lowest BCUT2D eigenvalue weighted by atomic mass is 9.88. The number of Topliss-reactive ketones (excluding diaryl/α,β-unsaturated/α-hetero) is 1. The van der Waals surface area contributed by atoms with Crippen molar-refractivity contribution in [3.63, 3.8) is 0 Å². The molecule has 0 bridgehead atoms. The predicted molar refractivity (Wildman–Crippen MR) is 91.1 cm³/mol. The van der Waals surface area contributed by atoms with Crippen molar-refractivity contribution < 1.29 is 19.8 Å². The third kappa shape index (κ3) is 7.60. The Morgan fingerprint density at radius 1 is 1.13 bits per heavy atom. The van der Waals surface area contributed by atoms with Crippen molar-refractivity contribution in [2.75, 3.05) is 0 Å². The summed E-state index contributed by atoms with van der Waals surface area (Å²) in [5.41, 5.74) is 0. The summed E-state index contributed by atoms with van der Waals surface area (Å²) in [5.74, 6) is -0.821. The Labute approximate surface area is 139 Å². The van der Waals surface area contributed by atoms with Gasteiger partial charge >= 0.3 is 5.97 Å². The number of allylic oxidation sites excluding steroid dienone is 4. The molecule has 4 heteroatoms. The van der Waals surface area contributed by atoms with E-state index in [9.17, 15) is 14.7 Å². The van der Waals surface area contributed by atoms with Crippen molar-refractivity contribution in [2.45, 2.75) is 70.8 Å². The maximum absolute atomic E-state index is 12.0. The fourth-order valence-corrected chi connectivity index (χ4v) is 3.09. The van der Waals surface area contributed by atoms with E-state index in [1.165, 1.54) is 19.3 Å². The van der Waals surface area contributed by atoms with Gasteiger partial charge in [0.2, 0.25) is 0 Å². The molecular formula is C19H30O4. The number of carbonyl (C=O) groups excluding carboxylic acids is 1. The zero-order chi connectivity index (χ0) is 17.1. The summed E-state index contributed by atoms with van der Waals surface area (Å²) in [6.45, 7) is 2.18. The van der Waals surface area contributed by atoms with Crippen LogP contribution in [0.5, 0.6) is 0 Å². The topological polar surface area (TPSA) is 74.6 Å². The molecule has 1 fully saturated rings. The number of carbonyl (C=O) groups is 2. The van der Waals surface area contributed by atoms with Crippen LogP contribution in [0.1, 0.15) is 64.7 Å². The summed E-state index contributed by atoms with van der Waals surface area (Å²) < 4.78 is 0. The molecule has 130 valence electrons. The van der Waals surface area contributed by atoms with Gasteiger partial charge in [0.05, 0.1) is 6.10 Å². The Hall–Kier alpha value is -1.42. The van der Waals surface area contributed by atoms with Gasteiger partial charge in [0.1, 0.15) is 5.78 Å². The second-order valence-corrected chi connectivity index (χ2v) is 6.35. The lowest BCUT2D eigenvalue weighted by Gasteiger charge is -2.18. The van der Waals surface area contributed by atoms with E-state index in [1.807, 2.05) is 12.2 Å². The van der Waals surface area contributed by atoms with E-state index in [0.717, 1.165) is 12.8 Å². The minimum Gasteiger partial charge on any atom is -0.481 e. The highest BCUT2D eigenvalue weighted by molar-refractivity contribution is 5.84. The van der Waals surface area contributed by atoms with Crippen molar-refractivity contribution in [2.24, 2.45) is 11.8 Å². The molecule has 1 saturated carbocycles. The van der Waals surface area contributed by atoms with Gasteiger partial charge in [-0.3, -0.25) is 9.59 Å². The van der Waals surface area contributed by atoms with E-state index < -0.39 is 12.1 Å². The van der Waals surface area contributed by atoms with Crippen LogP contribution in [0.3, 0.4) is 0 Å². The monoisotopic (exact) mass is 322 g/mol. The largest absolute Gasteiger partial charge is 0.481 e. The molecule has 0 aliphatic heterocycles. The predicted octanol–water partition coefficient (Wildman–Crippen LogP) is 3.89. The summed E-state index contributed by atoms with van der Waals surface area (Å²) in [7, 11) is 0. The number of aliphatic hydroxyl groups excluding tert-OH is 1. The van der Waals surface area contributed by atoms with Gasteiger partial charge in [0.25, 0.3) is 0 Å².